The van der Waals surface area contributed by atoms with Crippen molar-refractivity contribution in [1.29, 1.82) is 0 Å². The third-order valence-electron chi connectivity index (χ3n) is 6.48. The highest BCUT2D eigenvalue weighted by atomic mass is 16.2. The maximum absolute atomic E-state index is 12.7. The van der Waals surface area contributed by atoms with Gasteiger partial charge in [-0.1, -0.05) is 48.5 Å². The first-order valence-corrected chi connectivity index (χ1v) is 10.7. The van der Waals surface area contributed by atoms with Crippen molar-refractivity contribution in [2.75, 3.05) is 13.1 Å². The van der Waals surface area contributed by atoms with Crippen LogP contribution >= 0.6 is 0 Å². The van der Waals surface area contributed by atoms with E-state index in [2.05, 4.69) is 0 Å². The fourth-order valence-electron chi connectivity index (χ4n) is 4.65. The number of Topliss-reactive ketones (excluding diaryl/α,β-unsaturated/α-hetero) is 4. The molecule has 0 aromatic heterocycles. The normalized spacial score (nSPS) is 22.4. The summed E-state index contributed by atoms with van der Waals surface area (Å²) in [4.78, 5) is 54.9. The first-order chi connectivity index (χ1) is 15.4. The van der Waals surface area contributed by atoms with Crippen LogP contribution in [-0.2, 0) is 0 Å². The molecule has 1 aliphatic heterocycles. The van der Waals surface area contributed by atoms with Crippen molar-refractivity contribution in [1.82, 2.24) is 9.80 Å². The average Bonchev–Trinajstić information content (AvgIpc) is 3.18. The molecule has 32 heavy (non-hydrogen) atoms. The number of hydrogen-bond donors (Lipinski definition) is 0. The van der Waals surface area contributed by atoms with E-state index >= 15 is 0 Å². The number of fused-ring (bicyclic) bond motifs is 2. The molecule has 2 aromatic rings. The van der Waals surface area contributed by atoms with Gasteiger partial charge in [-0.05, 0) is 13.8 Å². The van der Waals surface area contributed by atoms with Gasteiger partial charge in [0.15, 0.2) is 23.1 Å². The van der Waals surface area contributed by atoms with E-state index < -0.39 is 0 Å². The minimum absolute atomic E-state index is 0.0196. The Morgan fingerprint density at radius 2 is 0.875 bits per heavy atom. The molecular formula is C26H22N2O4. The number of carbonyl (C=O) groups excluding carboxylic acids is 4. The van der Waals surface area contributed by atoms with Gasteiger partial charge in [-0.2, -0.15) is 0 Å². The lowest BCUT2D eigenvalue weighted by Crippen LogP contribution is -2.52. The fraction of sp³-hybridized carbons (Fsp3) is 0.231. The molecule has 1 saturated heterocycles. The highest BCUT2D eigenvalue weighted by molar-refractivity contribution is 6.40. The van der Waals surface area contributed by atoms with Crippen LogP contribution in [0.3, 0.4) is 0 Å². The standard InChI is InChI=1S/C26H22N2O4/c1-15-11-28(14-22-25(31)19-9-5-6-10-20(19)26(22)32)16(2)12-27(15)13-21-23(29)17-7-3-4-8-18(17)24(21)30/h3-10,13-16H,11-12H2,1-2H3. The molecule has 0 saturated carbocycles. The molecule has 6 nitrogen and oxygen atoms in total. The zero-order valence-corrected chi connectivity index (χ0v) is 17.9. The zero-order valence-electron chi connectivity index (χ0n) is 17.9. The molecule has 0 N–H and O–H groups in total. The van der Waals surface area contributed by atoms with E-state index in [0.717, 1.165) is 0 Å². The second-order valence-corrected chi connectivity index (χ2v) is 8.58. The lowest BCUT2D eigenvalue weighted by molar-refractivity contribution is 0.0920. The first kappa shape index (κ1) is 20.1. The number of allylic oxidation sites excluding steroid dienone is 2. The summed E-state index contributed by atoms with van der Waals surface area (Å²) in [5.41, 5.74) is 2.18. The molecule has 0 amide bonds. The SMILES string of the molecule is CC1CN(C=C2C(=O)c3ccccc3C2=O)C(C)CN1C=C1C(=O)c2ccccc2C1=O. The largest absolute Gasteiger partial charge is 0.370 e. The minimum Gasteiger partial charge on any atom is -0.370 e. The third-order valence-corrected chi connectivity index (χ3v) is 6.48. The first-order valence-electron chi connectivity index (χ1n) is 10.7. The van der Waals surface area contributed by atoms with Crippen LogP contribution in [0.25, 0.3) is 0 Å². The second kappa shape index (κ2) is 7.41. The van der Waals surface area contributed by atoms with E-state index in [1.54, 1.807) is 60.9 Å². The molecule has 0 radical (unpaired) electrons. The van der Waals surface area contributed by atoms with Gasteiger partial charge in [0.05, 0.1) is 11.1 Å². The van der Waals surface area contributed by atoms with Crippen LogP contribution in [-0.4, -0.2) is 58.1 Å². The Kier molecular flexibility index (Phi) is 4.66. The summed E-state index contributed by atoms with van der Waals surface area (Å²) < 4.78 is 0. The van der Waals surface area contributed by atoms with Gasteiger partial charge in [-0.15, -0.1) is 0 Å². The van der Waals surface area contributed by atoms with Gasteiger partial charge in [-0.3, -0.25) is 19.2 Å². The van der Waals surface area contributed by atoms with Gasteiger partial charge in [-0.25, -0.2) is 0 Å². The van der Waals surface area contributed by atoms with Crippen LogP contribution in [0.5, 0.6) is 0 Å². The van der Waals surface area contributed by atoms with Crippen LogP contribution in [0.1, 0.15) is 55.3 Å². The van der Waals surface area contributed by atoms with E-state index in [9.17, 15) is 19.2 Å². The molecule has 1 heterocycles. The summed E-state index contributed by atoms with van der Waals surface area (Å²) >= 11 is 0. The Hall–Kier alpha value is -3.80. The van der Waals surface area contributed by atoms with Gasteiger partial charge < -0.3 is 9.80 Å². The van der Waals surface area contributed by atoms with Crippen molar-refractivity contribution in [2.24, 2.45) is 0 Å². The quantitative estimate of drug-likeness (QED) is 0.542. The van der Waals surface area contributed by atoms with Gasteiger partial charge in [0.1, 0.15) is 0 Å². The van der Waals surface area contributed by atoms with Crippen molar-refractivity contribution in [3.63, 3.8) is 0 Å². The molecule has 5 rings (SSSR count). The molecule has 2 atom stereocenters. The number of rotatable bonds is 2. The number of carbonyl (C=O) groups is 4. The van der Waals surface area contributed by atoms with Crippen molar-refractivity contribution >= 4 is 23.1 Å². The number of benzene rings is 2. The van der Waals surface area contributed by atoms with Gasteiger partial charge in [0.2, 0.25) is 0 Å². The van der Waals surface area contributed by atoms with Crippen molar-refractivity contribution in [3.05, 3.63) is 94.3 Å². The molecule has 0 bridgehead atoms. The van der Waals surface area contributed by atoms with Gasteiger partial charge in [0, 0.05) is 59.8 Å². The summed E-state index contributed by atoms with van der Waals surface area (Å²) in [6, 6.07) is 13.7. The summed E-state index contributed by atoms with van der Waals surface area (Å²) in [6.07, 6.45) is 3.36. The van der Waals surface area contributed by atoms with E-state index in [-0.39, 0.29) is 46.4 Å². The van der Waals surface area contributed by atoms with E-state index in [1.807, 2.05) is 23.6 Å². The minimum atomic E-state index is -0.241. The van der Waals surface area contributed by atoms with Gasteiger partial charge in [0.25, 0.3) is 0 Å². The number of hydrogen-bond acceptors (Lipinski definition) is 6. The highest BCUT2D eigenvalue weighted by Crippen LogP contribution is 2.30. The molecule has 2 aromatic carbocycles. The number of ketones is 4. The maximum atomic E-state index is 12.7. The molecule has 0 spiro atoms. The Labute approximate surface area is 185 Å². The Morgan fingerprint density at radius 1 is 0.594 bits per heavy atom. The Bertz CT molecular complexity index is 1080. The lowest BCUT2D eigenvalue weighted by atomic mass is 10.1. The molecule has 160 valence electrons. The lowest BCUT2D eigenvalue weighted by Gasteiger charge is -2.43. The van der Waals surface area contributed by atoms with Crippen molar-refractivity contribution in [2.45, 2.75) is 25.9 Å². The summed E-state index contributed by atoms with van der Waals surface area (Å²) in [7, 11) is 0. The van der Waals surface area contributed by atoms with Crippen molar-refractivity contribution in [3.8, 4) is 0 Å². The number of piperazine rings is 1. The molecule has 6 heteroatoms. The predicted molar refractivity (Wildman–Crippen MR) is 119 cm³/mol. The summed E-state index contributed by atoms with van der Waals surface area (Å²) in [6.45, 7) is 5.11. The highest BCUT2D eigenvalue weighted by Gasteiger charge is 2.37. The van der Waals surface area contributed by atoms with Crippen LogP contribution < -0.4 is 0 Å². The average molecular weight is 426 g/mol. The molecular weight excluding hydrogens is 404 g/mol. The second-order valence-electron chi connectivity index (χ2n) is 8.58. The monoisotopic (exact) mass is 426 g/mol. The fourth-order valence-corrected chi connectivity index (χ4v) is 4.65. The van der Waals surface area contributed by atoms with Crippen LogP contribution in [0, 0.1) is 0 Å². The number of nitrogens with zero attached hydrogens (tertiary/aromatic N) is 2. The molecule has 2 unspecified atom stereocenters. The summed E-state index contributed by atoms with van der Waals surface area (Å²) in [5.74, 6) is -0.963. The third kappa shape index (κ3) is 3.02. The maximum Gasteiger partial charge on any atom is 0.199 e. The van der Waals surface area contributed by atoms with Crippen molar-refractivity contribution < 1.29 is 19.2 Å². The topological polar surface area (TPSA) is 74.8 Å². The summed E-state index contributed by atoms with van der Waals surface area (Å²) in [5, 5.41) is 0. The Morgan fingerprint density at radius 3 is 1.16 bits per heavy atom. The van der Waals surface area contributed by atoms with Crippen LogP contribution in [0.4, 0.5) is 0 Å². The zero-order chi connectivity index (χ0) is 22.6. The Balaban J connectivity index is 1.37. The van der Waals surface area contributed by atoms with E-state index in [4.69, 9.17) is 0 Å². The van der Waals surface area contributed by atoms with Crippen LogP contribution in [0.2, 0.25) is 0 Å². The predicted octanol–water partition coefficient (Wildman–Crippen LogP) is 3.31. The van der Waals surface area contributed by atoms with E-state index in [0.29, 0.717) is 35.3 Å². The molecule has 3 aliphatic rings. The van der Waals surface area contributed by atoms with E-state index in [1.165, 1.54) is 0 Å². The molecule has 2 aliphatic carbocycles. The smallest absolute Gasteiger partial charge is 0.199 e. The molecule has 1 fully saturated rings. The van der Waals surface area contributed by atoms with Gasteiger partial charge >= 0.3 is 0 Å². The van der Waals surface area contributed by atoms with Crippen LogP contribution in [0.15, 0.2) is 72.1 Å².